The molecule has 0 aliphatic carbocycles. The number of rotatable bonds is 4. The molecule has 0 heterocycles. The van der Waals surface area contributed by atoms with Gasteiger partial charge >= 0.3 is 0 Å². The van der Waals surface area contributed by atoms with Crippen LogP contribution in [0.3, 0.4) is 0 Å². The SMILES string of the molecule is COc1ccc(C(=O)Nc2cccc(CBr)c2)cc1Br. The van der Waals surface area contributed by atoms with Crippen molar-refractivity contribution in [3.8, 4) is 5.75 Å². The molecule has 0 atom stereocenters. The third-order valence-corrected chi connectivity index (χ3v) is 4.02. The number of benzene rings is 2. The fraction of sp³-hybridized carbons (Fsp3) is 0.133. The summed E-state index contributed by atoms with van der Waals surface area (Å²) < 4.78 is 5.90. The fourth-order valence-corrected chi connectivity index (χ4v) is 2.63. The van der Waals surface area contributed by atoms with Crippen molar-refractivity contribution in [2.75, 3.05) is 12.4 Å². The summed E-state index contributed by atoms with van der Waals surface area (Å²) >= 11 is 6.77. The number of halogens is 2. The predicted octanol–water partition coefficient (Wildman–Crippen LogP) is 4.60. The first-order valence-electron chi connectivity index (χ1n) is 5.94. The highest BCUT2D eigenvalue weighted by Crippen LogP contribution is 2.26. The molecule has 20 heavy (non-hydrogen) atoms. The average molecular weight is 399 g/mol. The number of amides is 1. The largest absolute Gasteiger partial charge is 0.496 e. The van der Waals surface area contributed by atoms with E-state index in [1.165, 1.54) is 0 Å². The molecule has 0 saturated carbocycles. The molecule has 1 amide bonds. The van der Waals surface area contributed by atoms with Crippen molar-refractivity contribution in [2.24, 2.45) is 0 Å². The van der Waals surface area contributed by atoms with Gasteiger partial charge in [0.15, 0.2) is 0 Å². The molecule has 104 valence electrons. The lowest BCUT2D eigenvalue weighted by Crippen LogP contribution is -2.12. The van der Waals surface area contributed by atoms with Gasteiger partial charge in [0, 0.05) is 16.6 Å². The van der Waals surface area contributed by atoms with E-state index in [2.05, 4.69) is 37.2 Å². The lowest BCUT2D eigenvalue weighted by atomic mass is 10.2. The molecule has 0 aliphatic rings. The van der Waals surface area contributed by atoms with Gasteiger partial charge in [-0.05, 0) is 51.8 Å². The Morgan fingerprint density at radius 2 is 2.05 bits per heavy atom. The number of methoxy groups -OCH3 is 1. The number of carbonyl (C=O) groups is 1. The maximum atomic E-state index is 12.2. The Kier molecular flexibility index (Phi) is 5.20. The summed E-state index contributed by atoms with van der Waals surface area (Å²) in [6.07, 6.45) is 0. The van der Waals surface area contributed by atoms with Crippen LogP contribution in [0.25, 0.3) is 0 Å². The Labute approximate surface area is 134 Å². The third-order valence-electron chi connectivity index (χ3n) is 2.75. The van der Waals surface area contributed by atoms with E-state index < -0.39 is 0 Å². The maximum absolute atomic E-state index is 12.2. The minimum atomic E-state index is -0.153. The van der Waals surface area contributed by atoms with Gasteiger partial charge in [-0.2, -0.15) is 0 Å². The van der Waals surface area contributed by atoms with Gasteiger partial charge in [-0.3, -0.25) is 4.79 Å². The summed E-state index contributed by atoms with van der Waals surface area (Å²) in [4.78, 5) is 12.2. The number of ether oxygens (including phenoxy) is 1. The molecule has 0 spiro atoms. The van der Waals surface area contributed by atoms with Gasteiger partial charge in [0.2, 0.25) is 0 Å². The molecule has 1 N–H and O–H groups in total. The molecule has 5 heteroatoms. The van der Waals surface area contributed by atoms with Crippen LogP contribution in [-0.2, 0) is 5.33 Å². The summed E-state index contributed by atoms with van der Waals surface area (Å²) in [6, 6.07) is 12.9. The molecular formula is C15H13Br2NO2. The van der Waals surface area contributed by atoms with Crippen LogP contribution in [-0.4, -0.2) is 13.0 Å². The monoisotopic (exact) mass is 397 g/mol. The highest BCUT2D eigenvalue weighted by atomic mass is 79.9. The standard InChI is InChI=1S/C15H13Br2NO2/c1-20-14-6-5-11(8-13(14)17)15(19)18-12-4-2-3-10(7-12)9-16/h2-8H,9H2,1H3,(H,18,19). The van der Waals surface area contributed by atoms with Crippen LogP contribution < -0.4 is 10.1 Å². The molecule has 2 rings (SSSR count). The van der Waals surface area contributed by atoms with Crippen LogP contribution in [0, 0.1) is 0 Å². The normalized spacial score (nSPS) is 10.2. The van der Waals surface area contributed by atoms with Gasteiger partial charge in [0.05, 0.1) is 11.6 Å². The first kappa shape index (κ1) is 15.1. The minimum absolute atomic E-state index is 0.153. The van der Waals surface area contributed by atoms with Gasteiger partial charge in [-0.1, -0.05) is 28.1 Å². The summed E-state index contributed by atoms with van der Waals surface area (Å²) in [5, 5.41) is 3.63. The quantitative estimate of drug-likeness (QED) is 0.764. The van der Waals surface area contributed by atoms with E-state index in [0.29, 0.717) is 11.3 Å². The summed E-state index contributed by atoms with van der Waals surface area (Å²) in [7, 11) is 1.59. The highest BCUT2D eigenvalue weighted by Gasteiger charge is 2.09. The number of anilines is 1. The summed E-state index contributed by atoms with van der Waals surface area (Å²) in [5.41, 5.74) is 2.46. The summed E-state index contributed by atoms with van der Waals surface area (Å²) in [5.74, 6) is 0.544. The van der Waals surface area contributed by atoms with Crippen LogP contribution in [0.15, 0.2) is 46.9 Å². The Morgan fingerprint density at radius 3 is 2.70 bits per heavy atom. The topological polar surface area (TPSA) is 38.3 Å². The Morgan fingerprint density at radius 1 is 1.25 bits per heavy atom. The molecule has 0 aliphatic heterocycles. The van der Waals surface area contributed by atoms with E-state index in [4.69, 9.17) is 4.74 Å². The molecule has 0 bridgehead atoms. The first-order chi connectivity index (χ1) is 9.63. The fourth-order valence-electron chi connectivity index (χ4n) is 1.74. The molecule has 2 aromatic rings. The number of hydrogen-bond acceptors (Lipinski definition) is 2. The van der Waals surface area contributed by atoms with Crippen LogP contribution in [0.4, 0.5) is 5.69 Å². The molecule has 0 radical (unpaired) electrons. The Bertz CT molecular complexity index is 629. The van der Waals surface area contributed by atoms with Gasteiger partial charge in [0.25, 0.3) is 5.91 Å². The lowest BCUT2D eigenvalue weighted by molar-refractivity contribution is 0.102. The average Bonchev–Trinajstić information content (AvgIpc) is 2.47. The van der Waals surface area contributed by atoms with E-state index in [-0.39, 0.29) is 5.91 Å². The van der Waals surface area contributed by atoms with Gasteiger partial charge in [-0.15, -0.1) is 0 Å². The second-order valence-electron chi connectivity index (χ2n) is 4.14. The van der Waals surface area contributed by atoms with Crippen molar-refractivity contribution < 1.29 is 9.53 Å². The summed E-state index contributed by atoms with van der Waals surface area (Å²) in [6.45, 7) is 0. The van der Waals surface area contributed by atoms with Gasteiger partial charge < -0.3 is 10.1 Å². The number of nitrogens with one attached hydrogen (secondary N) is 1. The van der Waals surface area contributed by atoms with E-state index in [1.807, 2.05) is 24.3 Å². The van der Waals surface area contributed by atoms with Crippen LogP contribution >= 0.6 is 31.9 Å². The highest BCUT2D eigenvalue weighted by molar-refractivity contribution is 9.10. The second kappa shape index (κ2) is 6.90. The van der Waals surface area contributed by atoms with E-state index in [9.17, 15) is 4.79 Å². The predicted molar refractivity (Wildman–Crippen MR) is 87.7 cm³/mol. The van der Waals surface area contributed by atoms with Crippen molar-refractivity contribution in [1.82, 2.24) is 0 Å². The zero-order valence-electron chi connectivity index (χ0n) is 10.8. The Balaban J connectivity index is 2.17. The van der Waals surface area contributed by atoms with Crippen molar-refractivity contribution in [1.29, 1.82) is 0 Å². The zero-order valence-corrected chi connectivity index (χ0v) is 14.0. The van der Waals surface area contributed by atoms with Crippen LogP contribution in [0.5, 0.6) is 5.75 Å². The molecule has 0 saturated heterocycles. The molecule has 3 nitrogen and oxygen atoms in total. The maximum Gasteiger partial charge on any atom is 0.255 e. The molecule has 2 aromatic carbocycles. The smallest absolute Gasteiger partial charge is 0.255 e. The molecular weight excluding hydrogens is 386 g/mol. The number of carbonyl (C=O) groups excluding carboxylic acids is 1. The van der Waals surface area contributed by atoms with Crippen molar-refractivity contribution >= 4 is 43.5 Å². The van der Waals surface area contributed by atoms with Crippen molar-refractivity contribution in [2.45, 2.75) is 5.33 Å². The lowest BCUT2D eigenvalue weighted by Gasteiger charge is -2.08. The van der Waals surface area contributed by atoms with Gasteiger partial charge in [0.1, 0.15) is 5.75 Å². The van der Waals surface area contributed by atoms with Gasteiger partial charge in [-0.25, -0.2) is 0 Å². The van der Waals surface area contributed by atoms with E-state index >= 15 is 0 Å². The molecule has 0 aromatic heterocycles. The Hall–Kier alpha value is -1.33. The molecule has 0 fully saturated rings. The number of alkyl halides is 1. The van der Waals surface area contributed by atoms with Crippen LogP contribution in [0.1, 0.15) is 15.9 Å². The van der Waals surface area contributed by atoms with Crippen molar-refractivity contribution in [3.63, 3.8) is 0 Å². The third kappa shape index (κ3) is 3.61. The zero-order chi connectivity index (χ0) is 14.5. The van der Waals surface area contributed by atoms with E-state index in [1.54, 1.807) is 25.3 Å². The second-order valence-corrected chi connectivity index (χ2v) is 5.55. The van der Waals surface area contributed by atoms with E-state index in [0.717, 1.165) is 21.1 Å². The van der Waals surface area contributed by atoms with Crippen LogP contribution in [0.2, 0.25) is 0 Å². The first-order valence-corrected chi connectivity index (χ1v) is 7.85. The van der Waals surface area contributed by atoms with Crippen molar-refractivity contribution in [3.05, 3.63) is 58.1 Å². The number of hydrogen-bond donors (Lipinski definition) is 1. The molecule has 0 unspecified atom stereocenters. The minimum Gasteiger partial charge on any atom is -0.496 e.